The van der Waals surface area contributed by atoms with E-state index in [4.69, 9.17) is 9.47 Å². The Labute approximate surface area is 171 Å². The molecule has 2 saturated heterocycles. The molecular weight excluding hydrogens is 372 g/mol. The Bertz CT molecular complexity index is 795. The number of hydrogen-bond acceptors (Lipinski definition) is 6. The third-order valence-electron chi connectivity index (χ3n) is 6.10. The van der Waals surface area contributed by atoms with Gasteiger partial charge in [-0.15, -0.1) is 0 Å². The minimum Gasteiger partial charge on any atom is -0.496 e. The summed E-state index contributed by atoms with van der Waals surface area (Å²) in [4.78, 5) is 41.0. The molecule has 1 N–H and O–H groups in total. The highest BCUT2D eigenvalue weighted by atomic mass is 16.5. The van der Waals surface area contributed by atoms with Crippen LogP contribution in [0.3, 0.4) is 0 Å². The lowest BCUT2D eigenvalue weighted by Gasteiger charge is -2.33. The Hall–Kier alpha value is -2.41. The predicted molar refractivity (Wildman–Crippen MR) is 107 cm³/mol. The van der Waals surface area contributed by atoms with Crippen LogP contribution in [0.2, 0.25) is 0 Å². The van der Waals surface area contributed by atoms with Gasteiger partial charge in [-0.2, -0.15) is 0 Å². The van der Waals surface area contributed by atoms with Crippen LogP contribution in [-0.2, 0) is 19.1 Å². The number of rotatable bonds is 8. The van der Waals surface area contributed by atoms with E-state index in [9.17, 15) is 14.4 Å². The number of likely N-dealkylation sites (tertiary alicyclic amines) is 1. The minimum atomic E-state index is -1.22. The maximum absolute atomic E-state index is 13.3. The van der Waals surface area contributed by atoms with Crippen LogP contribution in [0.15, 0.2) is 24.3 Å². The quantitative estimate of drug-likeness (QED) is 0.531. The highest BCUT2D eigenvalue weighted by Gasteiger charge is 2.68. The molecule has 0 aliphatic carbocycles. The lowest BCUT2D eigenvalue weighted by molar-refractivity contribution is -0.156. The molecule has 2 fully saturated rings. The van der Waals surface area contributed by atoms with Crippen molar-refractivity contribution in [2.75, 3.05) is 20.3 Å². The summed E-state index contributed by atoms with van der Waals surface area (Å²) in [5, 5.41) is 3.40. The standard InChI is InChI=1S/C22H30N2O5/c1-5-8-13-22(21(27)29-7-3)17-16(19(25)24(6-2)20(17)26)18(23-22)14-11-9-10-12-15(14)28-4/h9-12,16-18,23H,5-8,13H2,1-4H3/t16-,17-,18-,22+/m1/s1. The van der Waals surface area contributed by atoms with Crippen molar-refractivity contribution in [3.05, 3.63) is 29.8 Å². The molecule has 158 valence electrons. The molecule has 1 aromatic rings. The van der Waals surface area contributed by atoms with Crippen LogP contribution in [0.1, 0.15) is 51.6 Å². The van der Waals surface area contributed by atoms with Crippen LogP contribution in [0.4, 0.5) is 0 Å². The second kappa shape index (κ2) is 8.53. The number of para-hydroxylation sites is 1. The summed E-state index contributed by atoms with van der Waals surface area (Å²) < 4.78 is 10.9. The number of unbranched alkanes of at least 4 members (excludes halogenated alkanes) is 1. The molecule has 29 heavy (non-hydrogen) atoms. The summed E-state index contributed by atoms with van der Waals surface area (Å²) in [5.74, 6) is -1.82. The predicted octanol–water partition coefficient (Wildman–Crippen LogP) is 2.45. The first kappa shape index (κ1) is 21.3. The van der Waals surface area contributed by atoms with Crippen LogP contribution in [0.25, 0.3) is 0 Å². The minimum absolute atomic E-state index is 0.213. The zero-order valence-corrected chi connectivity index (χ0v) is 17.6. The average molecular weight is 402 g/mol. The Morgan fingerprint density at radius 2 is 1.90 bits per heavy atom. The number of imide groups is 1. The van der Waals surface area contributed by atoms with E-state index in [1.807, 2.05) is 31.2 Å². The molecule has 0 spiro atoms. The molecule has 2 heterocycles. The number of benzene rings is 1. The van der Waals surface area contributed by atoms with E-state index in [1.165, 1.54) is 4.90 Å². The average Bonchev–Trinajstić information content (AvgIpc) is 3.20. The van der Waals surface area contributed by atoms with Crippen molar-refractivity contribution >= 4 is 17.8 Å². The van der Waals surface area contributed by atoms with Gasteiger partial charge in [-0.05, 0) is 26.3 Å². The van der Waals surface area contributed by atoms with Gasteiger partial charge < -0.3 is 9.47 Å². The number of amides is 2. The molecule has 4 atom stereocenters. The number of nitrogens with one attached hydrogen (secondary N) is 1. The van der Waals surface area contributed by atoms with E-state index in [-0.39, 0.29) is 25.0 Å². The lowest BCUT2D eigenvalue weighted by Crippen LogP contribution is -2.56. The van der Waals surface area contributed by atoms with Crippen molar-refractivity contribution in [3.63, 3.8) is 0 Å². The highest BCUT2D eigenvalue weighted by Crippen LogP contribution is 2.52. The molecule has 0 unspecified atom stereocenters. The summed E-state index contributed by atoms with van der Waals surface area (Å²) in [6.07, 6.45) is 2.03. The third kappa shape index (κ3) is 3.31. The van der Waals surface area contributed by atoms with Crippen molar-refractivity contribution in [1.82, 2.24) is 10.2 Å². The van der Waals surface area contributed by atoms with Gasteiger partial charge in [-0.1, -0.05) is 38.0 Å². The maximum atomic E-state index is 13.3. The van der Waals surface area contributed by atoms with Crippen LogP contribution < -0.4 is 10.1 Å². The largest absolute Gasteiger partial charge is 0.496 e. The van der Waals surface area contributed by atoms with E-state index in [2.05, 4.69) is 5.32 Å². The van der Waals surface area contributed by atoms with Crippen molar-refractivity contribution in [1.29, 1.82) is 0 Å². The second-order valence-electron chi connectivity index (χ2n) is 7.58. The zero-order valence-electron chi connectivity index (χ0n) is 17.6. The number of hydrogen-bond donors (Lipinski definition) is 1. The zero-order chi connectivity index (χ0) is 21.2. The number of methoxy groups -OCH3 is 1. The van der Waals surface area contributed by atoms with Gasteiger partial charge in [0.05, 0.1) is 25.6 Å². The number of ether oxygens (including phenoxy) is 2. The molecule has 3 rings (SSSR count). The Balaban J connectivity index is 2.16. The number of carbonyl (C=O) groups is 3. The van der Waals surface area contributed by atoms with Crippen LogP contribution >= 0.6 is 0 Å². The highest BCUT2D eigenvalue weighted by molar-refractivity contribution is 6.09. The van der Waals surface area contributed by atoms with Crippen molar-refractivity contribution < 1.29 is 23.9 Å². The monoisotopic (exact) mass is 402 g/mol. The van der Waals surface area contributed by atoms with Gasteiger partial charge >= 0.3 is 5.97 Å². The van der Waals surface area contributed by atoms with Gasteiger partial charge in [0.2, 0.25) is 11.8 Å². The number of nitrogens with zero attached hydrogens (tertiary/aromatic N) is 1. The smallest absolute Gasteiger partial charge is 0.327 e. The van der Waals surface area contributed by atoms with E-state index in [0.29, 0.717) is 12.2 Å². The van der Waals surface area contributed by atoms with Crippen molar-refractivity contribution in [3.8, 4) is 5.75 Å². The van der Waals surface area contributed by atoms with Crippen LogP contribution in [0, 0.1) is 11.8 Å². The van der Waals surface area contributed by atoms with E-state index in [0.717, 1.165) is 18.4 Å². The molecule has 0 saturated carbocycles. The SMILES string of the molecule is CCCC[C@]1(C(=O)OCC)N[C@H](c2ccccc2OC)[C@@H]2C(=O)N(CC)C(=O)[C@@H]21. The van der Waals surface area contributed by atoms with Crippen molar-refractivity contribution in [2.45, 2.75) is 51.6 Å². The summed E-state index contributed by atoms with van der Waals surface area (Å²) in [5.41, 5.74) is -0.453. The van der Waals surface area contributed by atoms with Gasteiger partial charge in [0.25, 0.3) is 0 Å². The Morgan fingerprint density at radius 1 is 1.17 bits per heavy atom. The summed E-state index contributed by atoms with van der Waals surface area (Å²) in [7, 11) is 1.57. The molecule has 7 heteroatoms. The maximum Gasteiger partial charge on any atom is 0.327 e. The number of fused-ring (bicyclic) bond motifs is 1. The molecule has 0 radical (unpaired) electrons. The fourth-order valence-electron chi connectivity index (χ4n) is 4.80. The normalized spacial score (nSPS) is 28.6. The Morgan fingerprint density at radius 3 is 2.52 bits per heavy atom. The fourth-order valence-corrected chi connectivity index (χ4v) is 4.80. The van der Waals surface area contributed by atoms with E-state index in [1.54, 1.807) is 21.0 Å². The molecule has 0 aromatic heterocycles. The van der Waals surface area contributed by atoms with Gasteiger partial charge in [-0.25, -0.2) is 0 Å². The van der Waals surface area contributed by atoms with E-state index >= 15 is 0 Å². The fraction of sp³-hybridized carbons (Fsp3) is 0.591. The van der Waals surface area contributed by atoms with Crippen LogP contribution in [-0.4, -0.2) is 48.5 Å². The first-order valence-electron chi connectivity index (χ1n) is 10.4. The lowest BCUT2D eigenvalue weighted by atomic mass is 9.76. The molecule has 2 aliphatic rings. The first-order chi connectivity index (χ1) is 14.0. The second-order valence-corrected chi connectivity index (χ2v) is 7.58. The molecular formula is C22H30N2O5. The number of carbonyl (C=O) groups excluding carboxylic acids is 3. The summed E-state index contributed by atoms with van der Waals surface area (Å²) >= 11 is 0. The third-order valence-corrected chi connectivity index (χ3v) is 6.10. The Kier molecular flexibility index (Phi) is 6.27. The summed E-state index contributed by atoms with van der Waals surface area (Å²) in [6, 6.07) is 6.90. The van der Waals surface area contributed by atoms with Gasteiger partial charge in [0.15, 0.2) is 0 Å². The van der Waals surface area contributed by atoms with E-state index < -0.39 is 29.4 Å². The van der Waals surface area contributed by atoms with Crippen LogP contribution in [0.5, 0.6) is 5.75 Å². The van der Waals surface area contributed by atoms with Crippen molar-refractivity contribution in [2.24, 2.45) is 11.8 Å². The molecule has 7 nitrogen and oxygen atoms in total. The number of esters is 1. The molecule has 0 bridgehead atoms. The van der Waals surface area contributed by atoms with Gasteiger partial charge in [0.1, 0.15) is 11.3 Å². The summed E-state index contributed by atoms with van der Waals surface area (Å²) in [6.45, 7) is 6.06. The molecule has 2 aliphatic heterocycles. The molecule has 1 aromatic carbocycles. The molecule has 2 amide bonds. The first-order valence-corrected chi connectivity index (χ1v) is 10.4. The van der Waals surface area contributed by atoms with Gasteiger partial charge in [-0.3, -0.25) is 24.6 Å². The van der Waals surface area contributed by atoms with Gasteiger partial charge in [0, 0.05) is 18.2 Å². The topological polar surface area (TPSA) is 84.9 Å².